The van der Waals surface area contributed by atoms with Crippen molar-refractivity contribution in [2.45, 2.75) is 33.2 Å². The van der Waals surface area contributed by atoms with E-state index in [1.165, 1.54) is 0 Å². The zero-order valence-electron chi connectivity index (χ0n) is 19.0. The first-order valence-corrected chi connectivity index (χ1v) is 12.9. The first kappa shape index (κ1) is 23.7. The summed E-state index contributed by atoms with van der Waals surface area (Å²) in [4.78, 5) is 29.7. The second kappa shape index (κ2) is 9.40. The molecule has 34 heavy (non-hydrogen) atoms. The van der Waals surface area contributed by atoms with Gasteiger partial charge in [-0.1, -0.05) is 38.1 Å². The van der Waals surface area contributed by atoms with E-state index in [-0.39, 0.29) is 23.0 Å². The average Bonchev–Trinajstić information content (AvgIpc) is 2.84. The number of nitrogens with one attached hydrogen (secondary N) is 1. The highest BCUT2D eigenvalue weighted by Crippen LogP contribution is 2.24. The van der Waals surface area contributed by atoms with E-state index >= 15 is 0 Å². The molecule has 0 aliphatic heterocycles. The lowest BCUT2D eigenvalue weighted by Crippen LogP contribution is -2.14. The molecule has 0 bridgehead atoms. The Bertz CT molecular complexity index is 1750. The third-order valence-corrected chi connectivity index (χ3v) is 6.63. The largest absolute Gasteiger partial charge is 0.354 e. The number of pyridine rings is 2. The molecule has 7 nitrogen and oxygen atoms in total. The molecule has 0 unspecified atom stereocenters. The summed E-state index contributed by atoms with van der Waals surface area (Å²) in [6.45, 7) is 4.43. The van der Waals surface area contributed by atoms with E-state index in [0.29, 0.717) is 56.6 Å². The Kier molecular flexibility index (Phi) is 6.54. The van der Waals surface area contributed by atoms with Crippen LogP contribution in [-0.2, 0) is 16.7 Å². The Morgan fingerprint density at radius 1 is 0.765 bits per heavy atom. The highest BCUT2D eigenvalue weighted by Gasteiger charge is 2.14. The van der Waals surface area contributed by atoms with Crippen LogP contribution < -0.4 is 10.9 Å². The summed E-state index contributed by atoms with van der Waals surface area (Å²) in [5.74, 6) is -0.322. The molecule has 0 aliphatic carbocycles. The second-order valence-electron chi connectivity index (χ2n) is 7.91. The van der Waals surface area contributed by atoms with Gasteiger partial charge in [-0.15, -0.1) is 0 Å². The van der Waals surface area contributed by atoms with E-state index in [9.17, 15) is 18.0 Å². The highest BCUT2D eigenvalue weighted by molar-refractivity contribution is 7.85. The second-order valence-corrected chi connectivity index (χ2v) is 9.48. The van der Waals surface area contributed by atoms with Crippen molar-refractivity contribution in [3.05, 3.63) is 81.1 Å². The summed E-state index contributed by atoms with van der Waals surface area (Å²) < 4.78 is 33.1. The number of aromatic nitrogens is 2. The molecule has 3 aromatic carbocycles. The first-order valence-electron chi connectivity index (χ1n) is 11.3. The SMILES string of the molecule is CC.O=c1c2ccccc2[nH]c2cc3c(=O)c4ccccc4n(CCCCS(=O)(=O)O)c3cc12. The van der Waals surface area contributed by atoms with Gasteiger partial charge in [0.2, 0.25) is 0 Å². The third-order valence-electron chi connectivity index (χ3n) is 5.83. The lowest BCUT2D eigenvalue weighted by Gasteiger charge is -2.16. The van der Waals surface area contributed by atoms with Crippen LogP contribution in [0.2, 0.25) is 0 Å². The molecule has 0 saturated heterocycles. The lowest BCUT2D eigenvalue weighted by atomic mass is 10.0. The topological polar surface area (TPSA) is 109 Å². The fourth-order valence-corrected chi connectivity index (χ4v) is 4.91. The Morgan fingerprint density at radius 2 is 1.41 bits per heavy atom. The summed E-state index contributed by atoms with van der Waals surface area (Å²) >= 11 is 0. The Balaban J connectivity index is 0.00000133. The van der Waals surface area contributed by atoms with E-state index in [2.05, 4.69) is 4.98 Å². The van der Waals surface area contributed by atoms with Crippen molar-refractivity contribution >= 4 is 53.7 Å². The zero-order valence-corrected chi connectivity index (χ0v) is 19.9. The third kappa shape index (κ3) is 4.34. The van der Waals surface area contributed by atoms with Gasteiger partial charge in [-0.2, -0.15) is 8.42 Å². The Hall–Kier alpha value is -3.49. The fourth-order valence-electron chi connectivity index (χ4n) is 4.34. The van der Waals surface area contributed by atoms with Gasteiger partial charge in [0.15, 0.2) is 10.9 Å². The molecule has 176 valence electrons. The molecule has 5 aromatic rings. The van der Waals surface area contributed by atoms with Gasteiger partial charge in [-0.3, -0.25) is 14.1 Å². The van der Waals surface area contributed by atoms with Crippen LogP contribution >= 0.6 is 0 Å². The predicted molar refractivity (Wildman–Crippen MR) is 138 cm³/mol. The summed E-state index contributed by atoms with van der Waals surface area (Å²) in [7, 11) is -4.03. The van der Waals surface area contributed by atoms with Crippen LogP contribution in [0.15, 0.2) is 70.3 Å². The quantitative estimate of drug-likeness (QED) is 0.213. The van der Waals surface area contributed by atoms with E-state index in [1.54, 1.807) is 30.3 Å². The van der Waals surface area contributed by atoms with Crippen molar-refractivity contribution < 1.29 is 13.0 Å². The van der Waals surface area contributed by atoms with Gasteiger partial charge < -0.3 is 9.55 Å². The van der Waals surface area contributed by atoms with E-state index in [1.807, 2.05) is 48.7 Å². The van der Waals surface area contributed by atoms with Crippen LogP contribution in [0.25, 0.3) is 43.6 Å². The molecule has 0 aliphatic rings. The van der Waals surface area contributed by atoms with Crippen molar-refractivity contribution in [1.29, 1.82) is 0 Å². The maximum atomic E-state index is 13.3. The zero-order chi connectivity index (χ0) is 24.5. The average molecular weight is 479 g/mol. The summed E-state index contributed by atoms with van der Waals surface area (Å²) in [6, 6.07) is 18.0. The van der Waals surface area contributed by atoms with Crippen molar-refractivity contribution in [3.8, 4) is 0 Å². The van der Waals surface area contributed by atoms with E-state index in [4.69, 9.17) is 4.55 Å². The number of benzene rings is 3. The normalized spacial score (nSPS) is 11.7. The van der Waals surface area contributed by atoms with Crippen LogP contribution in [0.1, 0.15) is 26.7 Å². The molecule has 0 radical (unpaired) electrons. The molecule has 0 fully saturated rings. The molecule has 8 heteroatoms. The number of para-hydroxylation sites is 2. The number of nitrogens with zero attached hydrogens (tertiary/aromatic N) is 1. The van der Waals surface area contributed by atoms with Gasteiger partial charge in [0.05, 0.1) is 22.3 Å². The molecule has 2 N–H and O–H groups in total. The minimum Gasteiger partial charge on any atom is -0.354 e. The summed E-state index contributed by atoms with van der Waals surface area (Å²) in [5, 5.41) is 2.09. The molecule has 0 saturated carbocycles. The maximum absolute atomic E-state index is 13.3. The number of fused-ring (bicyclic) bond motifs is 4. The number of rotatable bonds is 5. The molecule has 0 spiro atoms. The van der Waals surface area contributed by atoms with Crippen molar-refractivity contribution in [3.63, 3.8) is 0 Å². The number of hydrogen-bond donors (Lipinski definition) is 2. The van der Waals surface area contributed by atoms with Crippen molar-refractivity contribution in [1.82, 2.24) is 9.55 Å². The highest BCUT2D eigenvalue weighted by atomic mass is 32.2. The summed E-state index contributed by atoms with van der Waals surface area (Å²) in [6.07, 6.45) is 0.757. The van der Waals surface area contributed by atoms with Crippen molar-refractivity contribution in [2.75, 3.05) is 5.75 Å². The van der Waals surface area contributed by atoms with Crippen LogP contribution in [0.3, 0.4) is 0 Å². The number of aryl methyl sites for hydroxylation is 1. The van der Waals surface area contributed by atoms with Crippen LogP contribution in [-0.4, -0.2) is 28.3 Å². The molecule has 0 amide bonds. The monoisotopic (exact) mass is 478 g/mol. The number of hydrogen-bond acceptors (Lipinski definition) is 4. The number of unbranched alkanes of at least 4 members (excludes halogenated alkanes) is 1. The van der Waals surface area contributed by atoms with Crippen LogP contribution in [0.4, 0.5) is 0 Å². The smallest absolute Gasteiger partial charge is 0.264 e. The van der Waals surface area contributed by atoms with E-state index < -0.39 is 10.1 Å². The standard InChI is InChI=1S/C24H20N2O5S.C2H6/c27-23-15-7-1-3-9-19(15)25-20-13-18-22(14-17(20)23)26(11-5-6-12-32(29,30)31)21-10-4-2-8-16(21)24(18)28;1-2/h1-4,7-10,13-14H,5-6,11-12H2,(H,25,27)(H,29,30,31);1-2H3. The van der Waals surface area contributed by atoms with Gasteiger partial charge in [-0.05, 0) is 49.2 Å². The number of aromatic amines is 1. The molecule has 0 atom stereocenters. The Labute approximate surface area is 196 Å². The summed E-state index contributed by atoms with van der Waals surface area (Å²) in [5.41, 5.74) is 2.39. The van der Waals surface area contributed by atoms with E-state index in [0.717, 1.165) is 0 Å². The minimum absolute atomic E-state index is 0.116. The van der Waals surface area contributed by atoms with Crippen LogP contribution in [0.5, 0.6) is 0 Å². The van der Waals surface area contributed by atoms with Crippen molar-refractivity contribution in [2.24, 2.45) is 0 Å². The van der Waals surface area contributed by atoms with Gasteiger partial charge in [0, 0.05) is 33.6 Å². The van der Waals surface area contributed by atoms with Gasteiger partial charge in [0.1, 0.15) is 0 Å². The maximum Gasteiger partial charge on any atom is 0.264 e. The molecule has 5 rings (SSSR count). The van der Waals surface area contributed by atoms with Crippen LogP contribution in [0, 0.1) is 0 Å². The van der Waals surface area contributed by atoms with Gasteiger partial charge in [0.25, 0.3) is 10.1 Å². The fraction of sp³-hybridized carbons (Fsp3) is 0.231. The van der Waals surface area contributed by atoms with Gasteiger partial charge >= 0.3 is 0 Å². The lowest BCUT2D eigenvalue weighted by molar-refractivity contribution is 0.479. The molecular formula is C26H26N2O5S. The Morgan fingerprint density at radius 3 is 2.15 bits per heavy atom. The number of H-pyrrole nitrogens is 1. The molecular weight excluding hydrogens is 452 g/mol. The minimum atomic E-state index is -4.03. The molecule has 2 heterocycles. The van der Waals surface area contributed by atoms with Gasteiger partial charge in [-0.25, -0.2) is 0 Å². The molecule has 2 aromatic heterocycles. The predicted octanol–water partition coefficient (Wildman–Crippen LogP) is 4.84. The first-order chi connectivity index (χ1) is 16.3.